The van der Waals surface area contributed by atoms with E-state index in [1.165, 1.54) is 0 Å². The van der Waals surface area contributed by atoms with E-state index in [-0.39, 0.29) is 82.8 Å². The van der Waals surface area contributed by atoms with E-state index in [1.807, 2.05) is 18.7 Å². The van der Waals surface area contributed by atoms with Crippen LogP contribution in [-0.2, 0) is 14.3 Å². The van der Waals surface area contributed by atoms with Crippen LogP contribution in [-0.4, -0.2) is 127 Å². The monoisotopic (exact) mass is 989 g/mol. The van der Waals surface area contributed by atoms with Gasteiger partial charge in [-0.25, -0.2) is 10.9 Å². The number of nitrogens with zero attached hydrogens (tertiary/aromatic N) is 4. The molecule has 4 saturated heterocycles. The van der Waals surface area contributed by atoms with Gasteiger partial charge in [-0.15, -0.1) is 11.8 Å². The van der Waals surface area contributed by atoms with Crippen molar-refractivity contribution in [1.82, 2.24) is 41.9 Å². The van der Waals surface area contributed by atoms with Crippen molar-refractivity contribution in [2.45, 2.75) is 154 Å². The molecule has 5 aliphatic heterocycles. The van der Waals surface area contributed by atoms with Gasteiger partial charge in [-0.1, -0.05) is 59.6 Å². The minimum Gasteiger partial charge on any atom is -0.494 e. The number of hydrazine groups is 1. The van der Waals surface area contributed by atoms with Crippen molar-refractivity contribution >= 4 is 40.9 Å². The van der Waals surface area contributed by atoms with E-state index in [0.717, 1.165) is 75.2 Å². The number of likely N-dealkylation sites (tertiary alicyclic amines) is 1. The molecule has 0 bridgehead atoms. The number of rotatable bonds is 18. The number of halogens is 1. The topological polar surface area (TPSA) is 177 Å². The van der Waals surface area contributed by atoms with Gasteiger partial charge >= 0.3 is 0 Å². The molecule has 17 heteroatoms. The molecule has 6 unspecified atom stereocenters. The largest absolute Gasteiger partial charge is 0.494 e. The van der Waals surface area contributed by atoms with Crippen molar-refractivity contribution in [2.75, 3.05) is 45.9 Å². The normalized spacial score (nSPS) is 32.1. The zero-order chi connectivity index (χ0) is 49.0. The number of hydrogen-bond donors (Lipinski definition) is 6. The lowest BCUT2D eigenvalue weighted by Gasteiger charge is -2.63. The number of ether oxygens (including phenoxy) is 3. The fourth-order valence-corrected chi connectivity index (χ4v) is 14.2. The molecule has 1 saturated carbocycles. The standard InChI is InChI=1S/C52H77ClN10O5S/c1-9-55-42(64)27-41-45-61-60-33(4)63(45)47-43(31(2)32(3)69-47)44(58-41)34-14-17-37(18-15-34)66-24-12-10-11-13-25-67-38-20-22-62(23-21-38)50-56-29-36(30-57-50)46(65)59-48-51(5,6)49(52(48,7)8)68-39-19-16-35(28-54)40(53)26-39/h14-19,26,31-33,36,38,41,43,45,47-50,56-57,60-61H,9-13,20-25,27,29-30H2,1-8H3,(H,55,64)(H,59,65)/t31?,32?,33?,36?,41-,43?,45?,47?,48?,49?,50?/m0/s1. The third-order valence-corrected chi connectivity index (χ3v) is 17.8. The van der Waals surface area contributed by atoms with Crippen molar-refractivity contribution in [3.8, 4) is 17.6 Å². The zero-order valence-corrected chi connectivity index (χ0v) is 43.6. The van der Waals surface area contributed by atoms with Crippen LogP contribution in [0.2, 0.25) is 5.02 Å². The summed E-state index contributed by atoms with van der Waals surface area (Å²) in [5.41, 5.74) is 8.92. The fourth-order valence-electron chi connectivity index (χ4n) is 12.1. The van der Waals surface area contributed by atoms with E-state index < -0.39 is 0 Å². The van der Waals surface area contributed by atoms with Crippen molar-refractivity contribution in [3.05, 3.63) is 58.6 Å². The predicted octanol–water partition coefficient (Wildman–Crippen LogP) is 6.22. The molecule has 2 amide bonds. The molecule has 0 aromatic heterocycles. The maximum absolute atomic E-state index is 13.6. The second kappa shape index (κ2) is 22.5. The van der Waals surface area contributed by atoms with E-state index >= 15 is 0 Å². The fraction of sp³-hybridized carbons (Fsp3) is 0.692. The number of hydrogen-bond acceptors (Lipinski definition) is 14. The van der Waals surface area contributed by atoms with Crippen LogP contribution in [0.4, 0.5) is 0 Å². The van der Waals surface area contributed by atoms with Crippen molar-refractivity contribution < 1.29 is 23.8 Å². The first-order valence-electron chi connectivity index (χ1n) is 25.6. The van der Waals surface area contributed by atoms with Gasteiger partial charge in [0.1, 0.15) is 30.0 Å². The molecule has 15 nitrogen and oxygen atoms in total. The number of carbonyl (C=O) groups excluding carboxylic acids is 2. The summed E-state index contributed by atoms with van der Waals surface area (Å²) in [7, 11) is 0. The van der Waals surface area contributed by atoms with Gasteiger partial charge in [0.05, 0.1) is 59.4 Å². The molecule has 8 rings (SSSR count). The number of carbonyl (C=O) groups is 2. The molecular weight excluding hydrogens is 912 g/mol. The van der Waals surface area contributed by atoms with Crippen LogP contribution in [0.25, 0.3) is 0 Å². The van der Waals surface area contributed by atoms with Crippen molar-refractivity contribution in [2.24, 2.45) is 33.6 Å². The summed E-state index contributed by atoms with van der Waals surface area (Å²) in [5, 5.41) is 23.9. The molecule has 378 valence electrons. The molecule has 5 heterocycles. The number of benzene rings is 2. The Morgan fingerprint density at radius 2 is 1.62 bits per heavy atom. The van der Waals surface area contributed by atoms with Gasteiger partial charge in [-0.05, 0) is 93.8 Å². The van der Waals surface area contributed by atoms with Crippen LogP contribution in [0.15, 0.2) is 47.5 Å². The van der Waals surface area contributed by atoms with Gasteiger partial charge in [-0.3, -0.25) is 35.0 Å². The Labute approximate surface area is 419 Å². The number of nitriles is 1. The Kier molecular flexibility index (Phi) is 16.9. The predicted molar refractivity (Wildman–Crippen MR) is 273 cm³/mol. The Balaban J connectivity index is 0.703. The molecule has 2 aromatic rings. The summed E-state index contributed by atoms with van der Waals surface area (Å²) in [4.78, 5) is 36.8. The molecule has 1 aliphatic carbocycles. The van der Waals surface area contributed by atoms with Gasteiger partial charge in [0.15, 0.2) is 0 Å². The molecule has 6 N–H and O–H groups in total. The lowest BCUT2D eigenvalue weighted by molar-refractivity contribution is -0.174. The highest BCUT2D eigenvalue weighted by molar-refractivity contribution is 8.00. The van der Waals surface area contributed by atoms with Crippen LogP contribution < -0.4 is 41.6 Å². The molecule has 7 atom stereocenters. The first-order valence-corrected chi connectivity index (χ1v) is 26.9. The third kappa shape index (κ3) is 11.4. The number of thioether (sulfide) groups is 1. The molecule has 0 spiro atoms. The second-order valence-electron chi connectivity index (χ2n) is 21.4. The van der Waals surface area contributed by atoms with Crippen molar-refractivity contribution in [1.29, 1.82) is 5.26 Å². The summed E-state index contributed by atoms with van der Waals surface area (Å²) in [6.45, 7) is 22.5. The summed E-state index contributed by atoms with van der Waals surface area (Å²) in [6.07, 6.45) is 6.82. The van der Waals surface area contributed by atoms with Crippen LogP contribution in [0.5, 0.6) is 11.5 Å². The highest BCUT2D eigenvalue weighted by Gasteiger charge is 2.64. The average Bonchev–Trinajstić information content (AvgIpc) is 3.82. The lowest BCUT2D eigenvalue weighted by atomic mass is 9.49. The molecule has 2 aromatic carbocycles. The van der Waals surface area contributed by atoms with Gasteiger partial charge < -0.3 is 24.8 Å². The summed E-state index contributed by atoms with van der Waals surface area (Å²) in [5.74, 6) is 2.08. The van der Waals surface area contributed by atoms with Gasteiger partial charge in [0.2, 0.25) is 11.8 Å². The first-order chi connectivity index (χ1) is 33.1. The summed E-state index contributed by atoms with van der Waals surface area (Å²) < 4.78 is 19.0. The van der Waals surface area contributed by atoms with E-state index in [1.54, 1.807) is 18.2 Å². The number of fused-ring (bicyclic) bond motifs is 3. The highest BCUT2D eigenvalue weighted by Crippen LogP contribution is 2.56. The van der Waals surface area contributed by atoms with Gasteiger partial charge in [0.25, 0.3) is 0 Å². The summed E-state index contributed by atoms with van der Waals surface area (Å²) >= 11 is 8.30. The SMILES string of the molecule is CCNC(=O)C[C@@H]1N=C(c2ccc(OCCCCCCOC3CCN(C4NCC(C(=O)NC5C(C)(C)C(Oc6ccc(C#N)c(Cl)c6)C5(C)C)CN4)CC3)cc2)C2C(C)C(C)SC2N2C(C)NNC12. The van der Waals surface area contributed by atoms with Gasteiger partial charge in [0, 0.05) is 79.1 Å². The Bertz CT molecular complexity index is 2140. The third-order valence-electron chi connectivity index (χ3n) is 15.8. The quantitative estimate of drug-likeness (QED) is 0.0931. The number of nitrogens with one attached hydrogen (secondary N) is 6. The van der Waals surface area contributed by atoms with E-state index in [2.05, 4.69) is 121 Å². The van der Waals surface area contributed by atoms with Crippen LogP contribution in [0, 0.1) is 39.9 Å². The van der Waals surface area contributed by atoms with Crippen LogP contribution in [0.1, 0.15) is 111 Å². The number of amides is 2. The molecular formula is C52H77ClN10O5S. The van der Waals surface area contributed by atoms with Gasteiger partial charge in [-0.2, -0.15) is 5.26 Å². The highest BCUT2D eigenvalue weighted by atomic mass is 35.5. The molecule has 5 fully saturated rings. The van der Waals surface area contributed by atoms with E-state index in [9.17, 15) is 14.9 Å². The lowest BCUT2D eigenvalue weighted by Crippen LogP contribution is -2.75. The number of piperidine rings is 1. The van der Waals surface area contributed by atoms with Crippen LogP contribution in [0.3, 0.4) is 0 Å². The molecule has 69 heavy (non-hydrogen) atoms. The minimum absolute atomic E-state index is 0.0303. The maximum Gasteiger partial charge on any atom is 0.225 e. The average molecular weight is 990 g/mol. The Morgan fingerprint density at radius 3 is 2.29 bits per heavy atom. The summed E-state index contributed by atoms with van der Waals surface area (Å²) in [6, 6.07) is 15.4. The van der Waals surface area contributed by atoms with E-state index in [4.69, 9.17) is 30.8 Å². The van der Waals surface area contributed by atoms with Crippen LogP contribution >= 0.6 is 23.4 Å². The number of aliphatic imine (C=N–C) groups is 1. The molecule has 6 aliphatic rings. The van der Waals surface area contributed by atoms with Crippen molar-refractivity contribution in [3.63, 3.8) is 0 Å². The smallest absolute Gasteiger partial charge is 0.225 e. The minimum atomic E-state index is -0.310. The zero-order valence-electron chi connectivity index (χ0n) is 42.0. The number of unbranched alkanes of at least 4 members (excludes halogenated alkanes) is 3. The molecule has 0 radical (unpaired) electrons. The Morgan fingerprint density at radius 1 is 0.942 bits per heavy atom. The Hall–Kier alpha value is -3.50. The first kappa shape index (κ1) is 51.8. The van der Waals surface area contributed by atoms with E-state index in [0.29, 0.717) is 60.2 Å². The second-order valence-corrected chi connectivity index (χ2v) is 23.3. The maximum atomic E-state index is 13.6.